The van der Waals surface area contributed by atoms with E-state index in [1.165, 1.54) is 31.0 Å². The molecule has 0 bridgehead atoms. The van der Waals surface area contributed by atoms with Crippen molar-refractivity contribution in [3.63, 3.8) is 0 Å². The maximum absolute atomic E-state index is 12.3. The second kappa shape index (κ2) is 7.23. The number of nitrogens with zero attached hydrogens (tertiary/aromatic N) is 1. The second-order valence-electron chi connectivity index (χ2n) is 5.24. The highest BCUT2D eigenvalue weighted by atomic mass is 35.5. The molecule has 5 heteroatoms. The van der Waals surface area contributed by atoms with Crippen molar-refractivity contribution in [1.82, 2.24) is 4.90 Å². The summed E-state index contributed by atoms with van der Waals surface area (Å²) in [6.45, 7) is 0. The summed E-state index contributed by atoms with van der Waals surface area (Å²) in [6, 6.07) is 5.83. The summed E-state index contributed by atoms with van der Waals surface area (Å²) >= 11 is 7.54. The van der Waals surface area contributed by atoms with E-state index in [1.807, 2.05) is 24.1 Å². The molecule has 3 nitrogen and oxygen atoms in total. The van der Waals surface area contributed by atoms with Gasteiger partial charge in [0.25, 0.3) is 0 Å². The number of anilines is 1. The zero-order valence-corrected chi connectivity index (χ0v) is 13.3. The van der Waals surface area contributed by atoms with E-state index in [2.05, 4.69) is 0 Å². The molecule has 0 saturated heterocycles. The summed E-state index contributed by atoms with van der Waals surface area (Å²) in [4.78, 5) is 15.0. The third-order valence-electron chi connectivity index (χ3n) is 3.85. The monoisotopic (exact) mass is 312 g/mol. The van der Waals surface area contributed by atoms with Crippen molar-refractivity contribution in [1.29, 1.82) is 0 Å². The Labute approximate surface area is 129 Å². The molecule has 0 aliphatic heterocycles. The van der Waals surface area contributed by atoms with Gasteiger partial charge in [0.1, 0.15) is 0 Å². The van der Waals surface area contributed by atoms with Gasteiger partial charge in [-0.2, -0.15) is 0 Å². The highest BCUT2D eigenvalue weighted by Crippen LogP contribution is 2.32. The van der Waals surface area contributed by atoms with Crippen molar-refractivity contribution in [3.05, 3.63) is 23.2 Å². The molecule has 110 valence electrons. The molecule has 2 N–H and O–H groups in total. The van der Waals surface area contributed by atoms with Crippen LogP contribution in [0.3, 0.4) is 0 Å². The van der Waals surface area contributed by atoms with Crippen LogP contribution in [-0.2, 0) is 4.79 Å². The van der Waals surface area contributed by atoms with Gasteiger partial charge in [0.05, 0.1) is 10.8 Å². The lowest BCUT2D eigenvalue weighted by Gasteiger charge is -2.31. The Balaban J connectivity index is 1.91. The molecule has 0 atom stereocenters. The van der Waals surface area contributed by atoms with Crippen LogP contribution in [-0.4, -0.2) is 29.6 Å². The van der Waals surface area contributed by atoms with Crippen LogP contribution in [0.4, 0.5) is 5.69 Å². The summed E-state index contributed by atoms with van der Waals surface area (Å²) in [5.41, 5.74) is 6.53. The van der Waals surface area contributed by atoms with Crippen LogP contribution in [0.25, 0.3) is 0 Å². The summed E-state index contributed by atoms with van der Waals surface area (Å²) in [5.74, 6) is 0.544. The number of carbonyl (C=O) groups is 1. The molecule has 0 aromatic heterocycles. The molecule has 1 amide bonds. The zero-order valence-electron chi connectivity index (χ0n) is 11.8. The molecule has 1 aromatic carbocycles. The van der Waals surface area contributed by atoms with Crippen molar-refractivity contribution in [3.8, 4) is 0 Å². The molecular formula is C15H21ClN2OS. The van der Waals surface area contributed by atoms with Gasteiger partial charge in [0, 0.05) is 23.7 Å². The van der Waals surface area contributed by atoms with Crippen molar-refractivity contribution < 1.29 is 4.79 Å². The van der Waals surface area contributed by atoms with E-state index in [1.54, 1.807) is 6.07 Å². The molecule has 0 unspecified atom stereocenters. The minimum Gasteiger partial charge on any atom is -0.398 e. The van der Waals surface area contributed by atoms with Crippen LogP contribution in [0.2, 0.25) is 5.02 Å². The maximum Gasteiger partial charge on any atom is 0.232 e. The van der Waals surface area contributed by atoms with Gasteiger partial charge in [-0.3, -0.25) is 4.79 Å². The lowest BCUT2D eigenvalue weighted by molar-refractivity contribution is -0.129. The Morgan fingerprint density at radius 2 is 2.10 bits per heavy atom. The second-order valence-corrected chi connectivity index (χ2v) is 6.64. The van der Waals surface area contributed by atoms with Gasteiger partial charge in [-0.05, 0) is 25.0 Å². The molecular weight excluding hydrogens is 292 g/mol. The van der Waals surface area contributed by atoms with Crippen LogP contribution in [0, 0.1) is 0 Å². The van der Waals surface area contributed by atoms with E-state index >= 15 is 0 Å². The largest absolute Gasteiger partial charge is 0.398 e. The predicted molar refractivity (Wildman–Crippen MR) is 86.2 cm³/mol. The topological polar surface area (TPSA) is 46.3 Å². The van der Waals surface area contributed by atoms with Crippen molar-refractivity contribution in [2.45, 2.75) is 43.0 Å². The molecule has 1 saturated carbocycles. The standard InChI is InChI=1S/C15H21ClN2OS/c1-18(11-6-3-2-4-7-11)14(19)10-20-15-12(16)8-5-9-13(15)17/h5,8-9,11H,2-4,6-7,10,17H2,1H3. The minimum absolute atomic E-state index is 0.154. The number of hydrogen-bond acceptors (Lipinski definition) is 3. The normalized spacial score (nSPS) is 16.1. The quantitative estimate of drug-likeness (QED) is 0.679. The van der Waals surface area contributed by atoms with Crippen LogP contribution in [0.5, 0.6) is 0 Å². The first-order chi connectivity index (χ1) is 9.59. The van der Waals surface area contributed by atoms with Crippen molar-refractivity contribution in [2.24, 2.45) is 0 Å². The Kier molecular flexibility index (Phi) is 5.61. The zero-order chi connectivity index (χ0) is 14.5. The summed E-state index contributed by atoms with van der Waals surface area (Å²) in [7, 11) is 1.91. The van der Waals surface area contributed by atoms with Gasteiger partial charge in [0.2, 0.25) is 5.91 Å². The van der Waals surface area contributed by atoms with Gasteiger partial charge in [-0.1, -0.05) is 36.9 Å². The lowest BCUT2D eigenvalue weighted by Crippen LogP contribution is -2.39. The van der Waals surface area contributed by atoms with E-state index < -0.39 is 0 Å². The smallest absolute Gasteiger partial charge is 0.232 e. The number of benzene rings is 1. The molecule has 1 aliphatic carbocycles. The number of carbonyl (C=O) groups excluding carboxylic acids is 1. The van der Waals surface area contributed by atoms with Crippen LogP contribution < -0.4 is 5.73 Å². The van der Waals surface area contributed by atoms with E-state index in [0.717, 1.165) is 17.7 Å². The minimum atomic E-state index is 0.154. The summed E-state index contributed by atoms with van der Waals surface area (Å²) in [6.07, 6.45) is 6.01. The van der Waals surface area contributed by atoms with Crippen LogP contribution >= 0.6 is 23.4 Å². The fourth-order valence-electron chi connectivity index (χ4n) is 2.59. The first-order valence-electron chi connectivity index (χ1n) is 7.02. The lowest BCUT2D eigenvalue weighted by atomic mass is 9.94. The van der Waals surface area contributed by atoms with E-state index in [9.17, 15) is 4.79 Å². The Morgan fingerprint density at radius 1 is 1.40 bits per heavy atom. The van der Waals surface area contributed by atoms with Crippen LogP contribution in [0.1, 0.15) is 32.1 Å². The molecule has 0 spiro atoms. The SMILES string of the molecule is CN(C(=O)CSc1c(N)cccc1Cl)C1CCCCC1. The van der Waals surface area contributed by atoms with Gasteiger partial charge in [-0.15, -0.1) is 11.8 Å². The highest BCUT2D eigenvalue weighted by Gasteiger charge is 2.22. The first-order valence-corrected chi connectivity index (χ1v) is 8.38. The van der Waals surface area contributed by atoms with E-state index in [-0.39, 0.29) is 5.91 Å². The molecule has 1 fully saturated rings. The molecule has 1 aromatic rings. The van der Waals surface area contributed by atoms with Gasteiger partial charge < -0.3 is 10.6 Å². The number of nitrogen functional groups attached to an aromatic ring is 1. The number of amides is 1. The number of hydrogen-bond donors (Lipinski definition) is 1. The number of nitrogens with two attached hydrogens (primary N) is 1. The highest BCUT2D eigenvalue weighted by molar-refractivity contribution is 8.00. The average Bonchev–Trinajstić information content (AvgIpc) is 2.46. The third-order valence-corrected chi connectivity index (χ3v) is 5.42. The molecule has 2 rings (SSSR count). The molecule has 0 heterocycles. The number of thioether (sulfide) groups is 1. The summed E-state index contributed by atoms with van der Waals surface area (Å²) < 4.78 is 0. The summed E-state index contributed by atoms with van der Waals surface area (Å²) in [5, 5.41) is 0.614. The molecule has 1 aliphatic rings. The number of rotatable bonds is 4. The van der Waals surface area contributed by atoms with Crippen molar-refractivity contribution >= 4 is 35.0 Å². The molecule has 0 radical (unpaired) electrons. The fourth-order valence-corrected chi connectivity index (χ4v) is 3.84. The van der Waals surface area contributed by atoms with E-state index in [0.29, 0.717) is 22.5 Å². The Hall–Kier alpha value is -0.870. The Morgan fingerprint density at radius 3 is 2.75 bits per heavy atom. The fraction of sp³-hybridized carbons (Fsp3) is 0.533. The van der Waals surface area contributed by atoms with Gasteiger partial charge in [0.15, 0.2) is 0 Å². The Bertz CT molecular complexity index is 455. The maximum atomic E-state index is 12.3. The number of halogens is 1. The molecule has 20 heavy (non-hydrogen) atoms. The van der Waals surface area contributed by atoms with Crippen molar-refractivity contribution in [2.75, 3.05) is 18.5 Å². The van der Waals surface area contributed by atoms with Crippen LogP contribution in [0.15, 0.2) is 23.1 Å². The third kappa shape index (κ3) is 3.83. The van der Waals surface area contributed by atoms with E-state index in [4.69, 9.17) is 17.3 Å². The van der Waals surface area contributed by atoms with Gasteiger partial charge >= 0.3 is 0 Å². The first kappa shape index (κ1) is 15.5. The van der Waals surface area contributed by atoms with Gasteiger partial charge in [-0.25, -0.2) is 0 Å². The predicted octanol–water partition coefficient (Wildman–Crippen LogP) is 3.81. The average molecular weight is 313 g/mol.